The van der Waals surface area contributed by atoms with Crippen LogP contribution in [0, 0.1) is 6.92 Å². The SMILES string of the molecule is CCOC(=O)Cc1ccc(C)c(CCC=O)c1. The van der Waals surface area contributed by atoms with E-state index in [0.717, 1.165) is 29.4 Å². The second-order valence-corrected chi connectivity index (χ2v) is 3.95. The molecule has 3 nitrogen and oxygen atoms in total. The molecule has 92 valence electrons. The van der Waals surface area contributed by atoms with Gasteiger partial charge >= 0.3 is 5.97 Å². The third-order valence-electron chi connectivity index (χ3n) is 2.60. The molecular weight excluding hydrogens is 216 g/mol. The van der Waals surface area contributed by atoms with Crippen LogP contribution in [-0.2, 0) is 27.2 Å². The molecule has 17 heavy (non-hydrogen) atoms. The van der Waals surface area contributed by atoms with Crippen molar-refractivity contribution >= 4 is 12.3 Å². The number of hydrogen-bond donors (Lipinski definition) is 0. The highest BCUT2D eigenvalue weighted by molar-refractivity contribution is 5.72. The van der Waals surface area contributed by atoms with E-state index in [2.05, 4.69) is 0 Å². The van der Waals surface area contributed by atoms with Gasteiger partial charge in [0.05, 0.1) is 13.0 Å². The molecule has 0 saturated heterocycles. The summed E-state index contributed by atoms with van der Waals surface area (Å²) in [6, 6.07) is 5.89. The van der Waals surface area contributed by atoms with Crippen molar-refractivity contribution in [1.82, 2.24) is 0 Å². The van der Waals surface area contributed by atoms with Crippen LogP contribution in [0.25, 0.3) is 0 Å². The monoisotopic (exact) mass is 234 g/mol. The molecule has 0 saturated carbocycles. The number of aldehydes is 1. The van der Waals surface area contributed by atoms with Gasteiger partial charge in [0.2, 0.25) is 0 Å². The zero-order chi connectivity index (χ0) is 12.7. The maximum absolute atomic E-state index is 11.3. The van der Waals surface area contributed by atoms with Gasteiger partial charge in [-0.15, -0.1) is 0 Å². The van der Waals surface area contributed by atoms with E-state index in [0.29, 0.717) is 19.4 Å². The molecule has 0 unspecified atom stereocenters. The molecule has 1 aromatic rings. The number of rotatable bonds is 6. The van der Waals surface area contributed by atoms with Crippen molar-refractivity contribution in [2.75, 3.05) is 6.61 Å². The zero-order valence-corrected chi connectivity index (χ0v) is 10.4. The maximum atomic E-state index is 11.3. The average Bonchev–Trinajstić information content (AvgIpc) is 2.30. The van der Waals surface area contributed by atoms with Crippen LogP contribution >= 0.6 is 0 Å². The van der Waals surface area contributed by atoms with Crippen molar-refractivity contribution in [2.24, 2.45) is 0 Å². The van der Waals surface area contributed by atoms with Crippen molar-refractivity contribution in [2.45, 2.75) is 33.1 Å². The van der Waals surface area contributed by atoms with Crippen molar-refractivity contribution in [3.05, 3.63) is 34.9 Å². The largest absolute Gasteiger partial charge is 0.466 e. The summed E-state index contributed by atoms with van der Waals surface area (Å²) in [6.45, 7) is 4.21. The van der Waals surface area contributed by atoms with Gasteiger partial charge in [0.25, 0.3) is 0 Å². The first-order chi connectivity index (χ1) is 8.17. The summed E-state index contributed by atoms with van der Waals surface area (Å²) in [4.78, 5) is 21.7. The van der Waals surface area contributed by atoms with Gasteiger partial charge in [0.1, 0.15) is 6.29 Å². The highest BCUT2D eigenvalue weighted by Gasteiger charge is 2.06. The van der Waals surface area contributed by atoms with Crippen LogP contribution in [-0.4, -0.2) is 18.9 Å². The number of carbonyl (C=O) groups excluding carboxylic acids is 2. The first-order valence-corrected chi connectivity index (χ1v) is 5.85. The summed E-state index contributed by atoms with van der Waals surface area (Å²) in [6.07, 6.45) is 2.45. The highest BCUT2D eigenvalue weighted by atomic mass is 16.5. The molecule has 0 atom stereocenters. The Morgan fingerprint density at radius 3 is 2.82 bits per heavy atom. The molecule has 1 aromatic carbocycles. The molecule has 0 aliphatic rings. The minimum atomic E-state index is -0.210. The molecule has 0 bridgehead atoms. The quantitative estimate of drug-likeness (QED) is 0.560. The van der Waals surface area contributed by atoms with Gasteiger partial charge < -0.3 is 9.53 Å². The fourth-order valence-electron chi connectivity index (χ4n) is 1.70. The van der Waals surface area contributed by atoms with E-state index in [-0.39, 0.29) is 5.97 Å². The Balaban J connectivity index is 2.73. The molecule has 0 radical (unpaired) electrons. The van der Waals surface area contributed by atoms with E-state index in [1.807, 2.05) is 25.1 Å². The predicted molar refractivity (Wildman–Crippen MR) is 65.9 cm³/mol. The van der Waals surface area contributed by atoms with Gasteiger partial charge in [-0.2, -0.15) is 0 Å². The summed E-state index contributed by atoms with van der Waals surface area (Å²) in [5.41, 5.74) is 3.22. The second kappa shape index (κ2) is 6.84. The van der Waals surface area contributed by atoms with E-state index in [1.54, 1.807) is 6.92 Å². The maximum Gasteiger partial charge on any atom is 0.310 e. The second-order valence-electron chi connectivity index (χ2n) is 3.95. The minimum Gasteiger partial charge on any atom is -0.466 e. The van der Waals surface area contributed by atoms with Crippen LogP contribution in [0.5, 0.6) is 0 Å². The summed E-state index contributed by atoms with van der Waals surface area (Å²) < 4.78 is 4.90. The van der Waals surface area contributed by atoms with Crippen molar-refractivity contribution in [3.63, 3.8) is 0 Å². The average molecular weight is 234 g/mol. The van der Waals surface area contributed by atoms with E-state index >= 15 is 0 Å². The first kappa shape index (κ1) is 13.4. The molecule has 0 N–H and O–H groups in total. The van der Waals surface area contributed by atoms with Crippen molar-refractivity contribution in [3.8, 4) is 0 Å². The summed E-state index contributed by atoms with van der Waals surface area (Å²) in [5.74, 6) is -0.210. The number of hydrogen-bond acceptors (Lipinski definition) is 3. The van der Waals surface area contributed by atoms with Crippen molar-refractivity contribution < 1.29 is 14.3 Å². The summed E-state index contributed by atoms with van der Waals surface area (Å²) in [7, 11) is 0. The zero-order valence-electron chi connectivity index (χ0n) is 10.4. The number of ether oxygens (including phenoxy) is 1. The lowest BCUT2D eigenvalue weighted by Gasteiger charge is -2.07. The Morgan fingerprint density at radius 2 is 2.18 bits per heavy atom. The van der Waals surface area contributed by atoms with Gasteiger partial charge in [-0.1, -0.05) is 18.2 Å². The van der Waals surface area contributed by atoms with Crippen LogP contribution < -0.4 is 0 Å². The Morgan fingerprint density at radius 1 is 1.41 bits per heavy atom. The molecule has 0 spiro atoms. The topological polar surface area (TPSA) is 43.4 Å². The van der Waals surface area contributed by atoms with Gasteiger partial charge in [0, 0.05) is 6.42 Å². The normalized spacial score (nSPS) is 10.0. The molecule has 0 aromatic heterocycles. The van der Waals surface area contributed by atoms with Crippen LogP contribution in [0.2, 0.25) is 0 Å². The smallest absolute Gasteiger partial charge is 0.310 e. The van der Waals surface area contributed by atoms with Gasteiger partial charge in [-0.25, -0.2) is 0 Å². The third kappa shape index (κ3) is 4.39. The fraction of sp³-hybridized carbons (Fsp3) is 0.429. The van der Waals surface area contributed by atoms with E-state index in [9.17, 15) is 9.59 Å². The number of aryl methyl sites for hydroxylation is 2. The summed E-state index contributed by atoms with van der Waals surface area (Å²) >= 11 is 0. The fourth-order valence-corrected chi connectivity index (χ4v) is 1.70. The minimum absolute atomic E-state index is 0.210. The standard InChI is InChI=1S/C14H18O3/c1-3-17-14(16)10-12-7-6-11(2)13(9-12)5-4-8-15/h6-9H,3-5,10H2,1-2H3. The molecule has 0 amide bonds. The Bertz CT molecular complexity index is 396. The number of carbonyl (C=O) groups is 2. The van der Waals surface area contributed by atoms with E-state index < -0.39 is 0 Å². The molecule has 0 fully saturated rings. The van der Waals surface area contributed by atoms with Crippen LogP contribution in [0.15, 0.2) is 18.2 Å². The Labute approximate surface area is 102 Å². The lowest BCUT2D eigenvalue weighted by Crippen LogP contribution is -2.08. The molecule has 3 heteroatoms. The van der Waals surface area contributed by atoms with Gasteiger partial charge in [-0.3, -0.25) is 4.79 Å². The Hall–Kier alpha value is -1.64. The molecule has 0 heterocycles. The van der Waals surface area contributed by atoms with E-state index in [4.69, 9.17) is 4.74 Å². The predicted octanol–water partition coefficient (Wildman–Crippen LogP) is 2.23. The highest BCUT2D eigenvalue weighted by Crippen LogP contribution is 2.13. The lowest BCUT2D eigenvalue weighted by atomic mass is 10.00. The van der Waals surface area contributed by atoms with Crippen LogP contribution in [0.1, 0.15) is 30.0 Å². The molecule has 1 rings (SSSR count). The van der Waals surface area contributed by atoms with E-state index in [1.165, 1.54) is 0 Å². The number of benzene rings is 1. The molecule has 0 aliphatic heterocycles. The van der Waals surface area contributed by atoms with Crippen LogP contribution in [0.4, 0.5) is 0 Å². The molecular formula is C14H18O3. The Kier molecular flexibility index (Phi) is 5.40. The lowest BCUT2D eigenvalue weighted by molar-refractivity contribution is -0.142. The van der Waals surface area contributed by atoms with Gasteiger partial charge in [0.15, 0.2) is 0 Å². The van der Waals surface area contributed by atoms with Crippen LogP contribution in [0.3, 0.4) is 0 Å². The third-order valence-corrected chi connectivity index (χ3v) is 2.60. The first-order valence-electron chi connectivity index (χ1n) is 5.85. The van der Waals surface area contributed by atoms with Gasteiger partial charge in [-0.05, 0) is 37.0 Å². The molecule has 0 aliphatic carbocycles. The summed E-state index contributed by atoms with van der Waals surface area (Å²) in [5, 5.41) is 0. The van der Waals surface area contributed by atoms with Crippen molar-refractivity contribution in [1.29, 1.82) is 0 Å². The number of esters is 1.